The van der Waals surface area contributed by atoms with Crippen LogP contribution in [0.25, 0.3) is 0 Å². The number of alkyl halides is 3. The smallest absolute Gasteiger partial charge is 0.388 e. The van der Waals surface area contributed by atoms with Crippen LogP contribution in [0.1, 0.15) is 31.4 Å². The standard InChI is InChI=1S/C19H21ClF3N3/c1-4-11-26(16-8-5-14(6-9-16)19(21,22)23)25-13(2)17-12-15(20)7-10-18(17)24-3/h5-10,12,24H,4,11H2,1-3H3/b25-13-. The van der Waals surface area contributed by atoms with Crippen molar-refractivity contribution < 1.29 is 13.2 Å². The number of benzene rings is 2. The quantitative estimate of drug-likeness (QED) is 0.486. The first-order valence-electron chi connectivity index (χ1n) is 8.24. The van der Waals surface area contributed by atoms with E-state index in [4.69, 9.17) is 11.6 Å². The summed E-state index contributed by atoms with van der Waals surface area (Å²) in [5, 5.41) is 10.0. The van der Waals surface area contributed by atoms with Crippen molar-refractivity contribution in [3.8, 4) is 0 Å². The van der Waals surface area contributed by atoms with E-state index in [0.29, 0.717) is 23.0 Å². The molecule has 0 fully saturated rings. The highest BCUT2D eigenvalue weighted by atomic mass is 35.5. The lowest BCUT2D eigenvalue weighted by molar-refractivity contribution is -0.137. The van der Waals surface area contributed by atoms with Gasteiger partial charge in [0.05, 0.1) is 17.0 Å². The number of anilines is 2. The molecule has 0 radical (unpaired) electrons. The van der Waals surface area contributed by atoms with E-state index in [0.717, 1.165) is 29.8 Å². The second-order valence-electron chi connectivity index (χ2n) is 5.79. The lowest BCUT2D eigenvalue weighted by atomic mass is 10.1. The van der Waals surface area contributed by atoms with Gasteiger partial charge in [-0.25, -0.2) is 0 Å². The Balaban J connectivity index is 2.38. The third kappa shape index (κ3) is 4.91. The predicted octanol–water partition coefficient (Wildman–Crippen LogP) is 6.04. The van der Waals surface area contributed by atoms with Gasteiger partial charge >= 0.3 is 6.18 Å². The number of hydrogen-bond donors (Lipinski definition) is 1. The van der Waals surface area contributed by atoms with Gasteiger partial charge in [-0.2, -0.15) is 18.3 Å². The Labute approximate surface area is 156 Å². The molecule has 26 heavy (non-hydrogen) atoms. The van der Waals surface area contributed by atoms with Gasteiger partial charge in [-0.3, -0.25) is 5.01 Å². The number of hydrogen-bond acceptors (Lipinski definition) is 3. The van der Waals surface area contributed by atoms with Gasteiger partial charge in [0.25, 0.3) is 0 Å². The Morgan fingerprint density at radius 3 is 2.35 bits per heavy atom. The molecule has 0 amide bonds. The van der Waals surface area contributed by atoms with Crippen LogP contribution in [0.5, 0.6) is 0 Å². The fourth-order valence-electron chi connectivity index (χ4n) is 2.54. The normalized spacial score (nSPS) is 12.2. The van der Waals surface area contributed by atoms with Crippen LogP contribution in [0.3, 0.4) is 0 Å². The molecule has 0 saturated heterocycles. The van der Waals surface area contributed by atoms with E-state index in [1.165, 1.54) is 12.1 Å². The van der Waals surface area contributed by atoms with Gasteiger partial charge in [0.15, 0.2) is 0 Å². The topological polar surface area (TPSA) is 27.6 Å². The Morgan fingerprint density at radius 1 is 1.15 bits per heavy atom. The van der Waals surface area contributed by atoms with Gasteiger partial charge < -0.3 is 5.32 Å². The van der Waals surface area contributed by atoms with Crippen LogP contribution in [0.2, 0.25) is 5.02 Å². The average molecular weight is 384 g/mol. The van der Waals surface area contributed by atoms with E-state index in [1.807, 2.05) is 26.0 Å². The lowest BCUT2D eigenvalue weighted by Crippen LogP contribution is -2.20. The second kappa shape index (κ2) is 8.45. The molecular formula is C19H21ClF3N3. The largest absolute Gasteiger partial charge is 0.416 e. The molecule has 0 aliphatic carbocycles. The van der Waals surface area contributed by atoms with E-state index in [1.54, 1.807) is 18.1 Å². The number of halogens is 4. The molecule has 0 aliphatic rings. The summed E-state index contributed by atoms with van der Waals surface area (Å²) in [5.74, 6) is 0. The highest BCUT2D eigenvalue weighted by Gasteiger charge is 2.30. The molecule has 0 saturated carbocycles. The molecule has 2 aromatic carbocycles. The summed E-state index contributed by atoms with van der Waals surface area (Å²) in [6, 6.07) is 10.5. The summed E-state index contributed by atoms with van der Waals surface area (Å²) in [6.45, 7) is 4.41. The summed E-state index contributed by atoms with van der Waals surface area (Å²) in [7, 11) is 1.81. The molecule has 0 atom stereocenters. The van der Waals surface area contributed by atoms with Crippen LogP contribution in [0.15, 0.2) is 47.6 Å². The van der Waals surface area contributed by atoms with Gasteiger partial charge in [0, 0.05) is 29.9 Å². The molecule has 0 spiro atoms. The SMILES string of the molecule is CCCN(/N=C(/C)c1cc(Cl)ccc1NC)c1ccc(C(F)(F)F)cc1. The zero-order valence-corrected chi connectivity index (χ0v) is 15.6. The molecule has 0 heterocycles. The molecule has 7 heteroatoms. The molecule has 0 aliphatic heterocycles. The summed E-state index contributed by atoms with van der Waals surface area (Å²) in [5.41, 5.74) is 2.36. The van der Waals surface area contributed by atoms with Gasteiger partial charge in [-0.05, 0) is 55.8 Å². The summed E-state index contributed by atoms with van der Waals surface area (Å²) < 4.78 is 38.3. The minimum atomic E-state index is -4.35. The second-order valence-corrected chi connectivity index (χ2v) is 6.23. The minimum Gasteiger partial charge on any atom is -0.388 e. The van der Waals surface area contributed by atoms with Crippen LogP contribution >= 0.6 is 11.6 Å². The fraction of sp³-hybridized carbons (Fsp3) is 0.316. The van der Waals surface area contributed by atoms with Crippen molar-refractivity contribution in [2.24, 2.45) is 5.10 Å². The Bertz CT molecular complexity index is 771. The lowest BCUT2D eigenvalue weighted by Gasteiger charge is -2.21. The number of hydrazone groups is 1. The van der Waals surface area contributed by atoms with Gasteiger partial charge in [-0.15, -0.1) is 0 Å². The van der Waals surface area contributed by atoms with E-state index in [9.17, 15) is 13.2 Å². The fourth-order valence-corrected chi connectivity index (χ4v) is 2.71. The van der Waals surface area contributed by atoms with E-state index >= 15 is 0 Å². The predicted molar refractivity (Wildman–Crippen MR) is 102 cm³/mol. The van der Waals surface area contributed by atoms with Crippen LogP contribution < -0.4 is 10.3 Å². The van der Waals surface area contributed by atoms with Crippen molar-refractivity contribution in [1.82, 2.24) is 0 Å². The van der Waals surface area contributed by atoms with Crippen molar-refractivity contribution in [2.75, 3.05) is 23.9 Å². The summed E-state index contributed by atoms with van der Waals surface area (Å²) in [6.07, 6.45) is -3.55. The van der Waals surface area contributed by atoms with Gasteiger partial charge in [0.1, 0.15) is 0 Å². The maximum atomic E-state index is 12.8. The van der Waals surface area contributed by atoms with Crippen LogP contribution in [0.4, 0.5) is 24.5 Å². The number of nitrogens with zero attached hydrogens (tertiary/aromatic N) is 2. The summed E-state index contributed by atoms with van der Waals surface area (Å²) >= 11 is 6.09. The van der Waals surface area contributed by atoms with Crippen molar-refractivity contribution in [1.29, 1.82) is 0 Å². The third-order valence-electron chi connectivity index (χ3n) is 3.84. The maximum Gasteiger partial charge on any atom is 0.416 e. The van der Waals surface area contributed by atoms with Crippen molar-refractivity contribution in [3.05, 3.63) is 58.6 Å². The summed E-state index contributed by atoms with van der Waals surface area (Å²) in [4.78, 5) is 0. The van der Waals surface area contributed by atoms with E-state index in [-0.39, 0.29) is 0 Å². The first-order chi connectivity index (χ1) is 12.3. The van der Waals surface area contributed by atoms with Crippen molar-refractivity contribution in [2.45, 2.75) is 26.4 Å². The average Bonchev–Trinajstić information content (AvgIpc) is 2.60. The first-order valence-corrected chi connectivity index (χ1v) is 8.61. The number of rotatable bonds is 6. The molecule has 2 rings (SSSR count). The first kappa shape index (κ1) is 20.1. The van der Waals surface area contributed by atoms with Gasteiger partial charge in [0.2, 0.25) is 0 Å². The molecule has 2 aromatic rings. The molecule has 3 nitrogen and oxygen atoms in total. The highest BCUT2D eigenvalue weighted by Crippen LogP contribution is 2.31. The molecule has 0 bridgehead atoms. The third-order valence-corrected chi connectivity index (χ3v) is 4.07. The molecule has 0 aromatic heterocycles. The zero-order valence-electron chi connectivity index (χ0n) is 14.9. The zero-order chi connectivity index (χ0) is 19.3. The van der Waals surface area contributed by atoms with Crippen molar-refractivity contribution in [3.63, 3.8) is 0 Å². The Hall–Kier alpha value is -2.21. The molecule has 140 valence electrons. The monoisotopic (exact) mass is 383 g/mol. The van der Waals surface area contributed by atoms with Crippen LogP contribution in [-0.2, 0) is 6.18 Å². The molecular weight excluding hydrogens is 363 g/mol. The maximum absolute atomic E-state index is 12.8. The van der Waals surface area contributed by atoms with Crippen molar-refractivity contribution >= 4 is 28.7 Å². The van der Waals surface area contributed by atoms with E-state index < -0.39 is 11.7 Å². The van der Waals surface area contributed by atoms with Gasteiger partial charge in [-0.1, -0.05) is 18.5 Å². The number of nitrogens with one attached hydrogen (secondary N) is 1. The molecule has 0 unspecified atom stereocenters. The van der Waals surface area contributed by atoms with Crippen LogP contribution in [0, 0.1) is 0 Å². The van der Waals surface area contributed by atoms with E-state index in [2.05, 4.69) is 10.4 Å². The Morgan fingerprint density at radius 2 is 1.81 bits per heavy atom. The molecule has 1 N–H and O–H groups in total. The van der Waals surface area contributed by atoms with Crippen LogP contribution in [-0.4, -0.2) is 19.3 Å². The highest BCUT2D eigenvalue weighted by molar-refractivity contribution is 6.31. The Kier molecular flexibility index (Phi) is 6.53. The minimum absolute atomic E-state index is 0.582.